The monoisotopic (exact) mass is 288 g/mol. The summed E-state index contributed by atoms with van der Waals surface area (Å²) in [5, 5.41) is 0.274. The molecule has 2 rings (SSSR count). The molecule has 0 aromatic carbocycles. The fraction of sp³-hybridized carbons (Fsp3) is 0.545. The molecule has 1 aromatic heterocycles. The number of sulfonamides is 1. The molecule has 100 valence electrons. The van der Waals surface area contributed by atoms with Crippen LogP contribution in [0.4, 0.5) is 0 Å². The molecule has 2 atom stereocenters. The number of nitrogens with zero attached hydrogens (tertiary/aromatic N) is 1. The Kier molecular flexibility index (Phi) is 3.84. The molecule has 2 heterocycles. The van der Waals surface area contributed by atoms with Crippen LogP contribution >= 0.6 is 11.8 Å². The van der Waals surface area contributed by atoms with E-state index in [4.69, 9.17) is 0 Å². The first-order chi connectivity index (χ1) is 8.43. The molecular formula is C11H16N2O3S2. The summed E-state index contributed by atoms with van der Waals surface area (Å²) in [6.07, 6.45) is 1.26. The summed E-state index contributed by atoms with van der Waals surface area (Å²) in [5.74, 6) is 0.800. The SMILES string of the molecule is CC1SCCN(S(=O)(=O)c2ccc(=O)[nH]c2)C1C. The lowest BCUT2D eigenvalue weighted by atomic mass is 10.2. The minimum atomic E-state index is -3.51. The van der Waals surface area contributed by atoms with Crippen molar-refractivity contribution in [2.24, 2.45) is 0 Å². The van der Waals surface area contributed by atoms with Gasteiger partial charge < -0.3 is 4.98 Å². The molecule has 1 fully saturated rings. The van der Waals surface area contributed by atoms with Crippen molar-refractivity contribution in [3.05, 3.63) is 28.7 Å². The van der Waals surface area contributed by atoms with Gasteiger partial charge in [-0.1, -0.05) is 6.92 Å². The second-order valence-electron chi connectivity index (χ2n) is 4.32. The minimum absolute atomic E-state index is 0.0410. The second-order valence-corrected chi connectivity index (χ2v) is 7.70. The molecule has 2 unspecified atom stereocenters. The topological polar surface area (TPSA) is 70.2 Å². The Morgan fingerprint density at radius 2 is 2.11 bits per heavy atom. The molecular weight excluding hydrogens is 272 g/mol. The van der Waals surface area contributed by atoms with Gasteiger partial charge >= 0.3 is 0 Å². The van der Waals surface area contributed by atoms with Crippen LogP contribution < -0.4 is 5.56 Å². The number of aromatic amines is 1. The van der Waals surface area contributed by atoms with Crippen molar-refractivity contribution in [2.45, 2.75) is 30.0 Å². The van der Waals surface area contributed by atoms with Crippen molar-refractivity contribution in [3.63, 3.8) is 0 Å². The van der Waals surface area contributed by atoms with Crippen molar-refractivity contribution in [1.29, 1.82) is 0 Å². The van der Waals surface area contributed by atoms with Crippen LogP contribution in [0.15, 0.2) is 28.0 Å². The van der Waals surface area contributed by atoms with E-state index in [1.807, 2.05) is 13.8 Å². The Hall–Kier alpha value is -0.790. The Bertz CT molecular complexity index is 562. The molecule has 0 radical (unpaired) electrons. The molecule has 1 N–H and O–H groups in total. The van der Waals surface area contributed by atoms with E-state index in [2.05, 4.69) is 4.98 Å². The maximum absolute atomic E-state index is 12.4. The third-order valence-electron chi connectivity index (χ3n) is 3.19. The minimum Gasteiger partial charge on any atom is -0.328 e. The standard InChI is InChI=1S/C11H16N2O3S2/c1-8-9(2)17-6-5-13(8)18(15,16)10-3-4-11(14)12-7-10/h3-4,7-9H,5-6H2,1-2H3,(H,12,14). The van der Waals surface area contributed by atoms with E-state index in [1.54, 1.807) is 11.8 Å². The molecule has 1 aliphatic rings. The molecule has 0 spiro atoms. The zero-order valence-electron chi connectivity index (χ0n) is 10.3. The van der Waals surface area contributed by atoms with Crippen LogP contribution in [0.5, 0.6) is 0 Å². The Morgan fingerprint density at radius 3 is 2.72 bits per heavy atom. The number of thioether (sulfide) groups is 1. The molecule has 18 heavy (non-hydrogen) atoms. The van der Waals surface area contributed by atoms with Gasteiger partial charge in [0.2, 0.25) is 15.6 Å². The average Bonchev–Trinajstić information content (AvgIpc) is 2.33. The van der Waals surface area contributed by atoms with Crippen molar-refractivity contribution >= 4 is 21.8 Å². The lowest BCUT2D eigenvalue weighted by Gasteiger charge is -2.36. The van der Waals surface area contributed by atoms with Crippen molar-refractivity contribution < 1.29 is 8.42 Å². The van der Waals surface area contributed by atoms with Crippen LogP contribution in [0.2, 0.25) is 0 Å². The number of pyridine rings is 1. The fourth-order valence-electron chi connectivity index (χ4n) is 1.94. The maximum atomic E-state index is 12.4. The first kappa shape index (κ1) is 13.6. The van der Waals surface area contributed by atoms with Crippen LogP contribution in [0.3, 0.4) is 0 Å². The fourth-order valence-corrected chi connectivity index (χ4v) is 4.90. The molecule has 5 nitrogen and oxygen atoms in total. The van der Waals surface area contributed by atoms with E-state index in [0.29, 0.717) is 6.54 Å². The van der Waals surface area contributed by atoms with E-state index in [1.165, 1.54) is 22.6 Å². The van der Waals surface area contributed by atoms with Gasteiger partial charge in [-0.15, -0.1) is 0 Å². The van der Waals surface area contributed by atoms with Gasteiger partial charge in [-0.05, 0) is 13.0 Å². The zero-order chi connectivity index (χ0) is 13.3. The van der Waals surface area contributed by atoms with Crippen molar-refractivity contribution in [3.8, 4) is 0 Å². The summed E-state index contributed by atoms with van der Waals surface area (Å²) < 4.78 is 26.4. The van der Waals surface area contributed by atoms with Gasteiger partial charge in [0.1, 0.15) is 0 Å². The van der Waals surface area contributed by atoms with Gasteiger partial charge in [-0.25, -0.2) is 8.42 Å². The predicted molar refractivity (Wildman–Crippen MR) is 72.3 cm³/mol. The lowest BCUT2D eigenvalue weighted by Crippen LogP contribution is -2.47. The zero-order valence-corrected chi connectivity index (χ0v) is 11.9. The summed E-state index contributed by atoms with van der Waals surface area (Å²) in [6.45, 7) is 4.46. The number of rotatable bonds is 2. The van der Waals surface area contributed by atoms with Crippen LogP contribution in [0, 0.1) is 0 Å². The quantitative estimate of drug-likeness (QED) is 0.877. The third-order valence-corrected chi connectivity index (χ3v) is 6.51. The molecule has 7 heteroatoms. The Labute approximate surface area is 111 Å². The number of aromatic nitrogens is 1. The van der Waals surface area contributed by atoms with Crippen molar-refractivity contribution in [1.82, 2.24) is 9.29 Å². The smallest absolute Gasteiger partial charge is 0.247 e. The summed E-state index contributed by atoms with van der Waals surface area (Å²) in [4.78, 5) is 13.5. The molecule has 1 saturated heterocycles. The molecule has 0 bridgehead atoms. The molecule has 0 aliphatic carbocycles. The molecule has 1 aliphatic heterocycles. The highest BCUT2D eigenvalue weighted by atomic mass is 32.2. The maximum Gasteiger partial charge on any atom is 0.247 e. The van der Waals surface area contributed by atoms with Crippen molar-refractivity contribution in [2.75, 3.05) is 12.3 Å². The van der Waals surface area contributed by atoms with Gasteiger partial charge in [0, 0.05) is 35.9 Å². The van der Waals surface area contributed by atoms with Crippen LogP contribution in [-0.2, 0) is 10.0 Å². The number of H-pyrrole nitrogens is 1. The summed E-state index contributed by atoms with van der Waals surface area (Å²) in [7, 11) is -3.51. The Morgan fingerprint density at radius 1 is 1.39 bits per heavy atom. The Balaban J connectivity index is 2.36. The highest BCUT2D eigenvalue weighted by Gasteiger charge is 2.34. The van der Waals surface area contributed by atoms with Crippen LogP contribution in [0.1, 0.15) is 13.8 Å². The van der Waals surface area contributed by atoms with Crippen LogP contribution in [0.25, 0.3) is 0 Å². The highest BCUT2D eigenvalue weighted by molar-refractivity contribution is 8.00. The molecule has 1 aromatic rings. The molecule has 0 amide bonds. The predicted octanol–water partition coefficient (Wildman–Crippen LogP) is 0.889. The first-order valence-electron chi connectivity index (χ1n) is 5.75. The molecule has 0 saturated carbocycles. The van der Waals surface area contributed by atoms with Gasteiger partial charge in [0.15, 0.2) is 0 Å². The highest BCUT2D eigenvalue weighted by Crippen LogP contribution is 2.28. The summed E-state index contributed by atoms with van der Waals surface area (Å²) in [5.41, 5.74) is -0.301. The average molecular weight is 288 g/mol. The second kappa shape index (κ2) is 5.07. The van der Waals surface area contributed by atoms with E-state index in [-0.39, 0.29) is 21.7 Å². The van der Waals surface area contributed by atoms with E-state index in [0.717, 1.165) is 5.75 Å². The largest absolute Gasteiger partial charge is 0.328 e. The van der Waals surface area contributed by atoms with E-state index < -0.39 is 10.0 Å². The van der Waals surface area contributed by atoms with Gasteiger partial charge in [0.05, 0.1) is 4.90 Å². The van der Waals surface area contributed by atoms with Gasteiger partial charge in [-0.2, -0.15) is 16.1 Å². The number of nitrogens with one attached hydrogen (secondary N) is 1. The third kappa shape index (κ3) is 2.48. The van der Waals surface area contributed by atoms with E-state index in [9.17, 15) is 13.2 Å². The normalized spacial score (nSPS) is 26.1. The van der Waals surface area contributed by atoms with Gasteiger partial charge in [0.25, 0.3) is 0 Å². The van der Waals surface area contributed by atoms with Gasteiger partial charge in [-0.3, -0.25) is 4.79 Å². The summed E-state index contributed by atoms with van der Waals surface area (Å²) >= 11 is 1.78. The first-order valence-corrected chi connectivity index (χ1v) is 8.24. The number of hydrogen-bond acceptors (Lipinski definition) is 4. The lowest BCUT2D eigenvalue weighted by molar-refractivity contribution is 0.340. The van der Waals surface area contributed by atoms with E-state index >= 15 is 0 Å². The van der Waals surface area contributed by atoms with Crippen LogP contribution in [-0.4, -0.2) is 41.3 Å². The summed E-state index contributed by atoms with van der Waals surface area (Å²) in [6, 6.07) is 2.55. The number of hydrogen-bond donors (Lipinski definition) is 1.